The maximum Gasteiger partial charge on any atom is 0.161 e. The van der Waals surface area contributed by atoms with E-state index in [1.54, 1.807) is 0 Å². The monoisotopic (exact) mass is 265 g/mol. The molecule has 0 saturated carbocycles. The maximum absolute atomic E-state index is 9.71. The van der Waals surface area contributed by atoms with Crippen molar-refractivity contribution in [3.63, 3.8) is 0 Å². The van der Waals surface area contributed by atoms with Crippen LogP contribution in [-0.4, -0.2) is 31.0 Å². The molecular weight excluding hydrogens is 242 g/mol. The zero-order chi connectivity index (χ0) is 13.9. The average Bonchev–Trinajstić information content (AvgIpc) is 2.62. The minimum absolute atomic E-state index is 0.0326. The Hall–Kier alpha value is -1.26. The lowest BCUT2D eigenvalue weighted by molar-refractivity contribution is 0.165. The van der Waals surface area contributed by atoms with Crippen LogP contribution in [0.15, 0.2) is 18.2 Å². The van der Waals surface area contributed by atoms with Gasteiger partial charge in [0, 0.05) is 12.5 Å². The first-order chi connectivity index (χ1) is 9.05. The number of aliphatic hydroxyl groups is 1. The molecule has 4 nitrogen and oxygen atoms in total. The van der Waals surface area contributed by atoms with Gasteiger partial charge in [-0.25, -0.2) is 0 Å². The molecule has 0 aliphatic carbocycles. The molecule has 0 aromatic heterocycles. The van der Waals surface area contributed by atoms with Gasteiger partial charge in [-0.05, 0) is 38.5 Å². The molecule has 19 heavy (non-hydrogen) atoms. The zero-order valence-corrected chi connectivity index (χ0v) is 11.9. The molecule has 0 radical (unpaired) electrons. The van der Waals surface area contributed by atoms with E-state index in [9.17, 15) is 5.11 Å². The standard InChI is InChI=1S/C15H23NO3/c1-11(2)16-15(3,10-17)12-5-6-13-14(9-12)19-8-4-7-18-13/h5-6,9,11,16-17H,4,7-8,10H2,1-3H3. The van der Waals surface area contributed by atoms with Crippen LogP contribution in [0.5, 0.6) is 11.5 Å². The third-order valence-corrected chi connectivity index (χ3v) is 3.31. The van der Waals surface area contributed by atoms with Gasteiger partial charge in [0.1, 0.15) is 0 Å². The Balaban J connectivity index is 2.31. The van der Waals surface area contributed by atoms with Crippen LogP contribution in [0.2, 0.25) is 0 Å². The molecule has 0 fully saturated rings. The number of hydrogen-bond donors (Lipinski definition) is 2. The average molecular weight is 265 g/mol. The van der Waals surface area contributed by atoms with Crippen LogP contribution in [0.25, 0.3) is 0 Å². The van der Waals surface area contributed by atoms with E-state index in [4.69, 9.17) is 9.47 Å². The largest absolute Gasteiger partial charge is 0.490 e. The predicted octanol–water partition coefficient (Wildman–Crippen LogP) is 2.05. The fraction of sp³-hybridized carbons (Fsp3) is 0.600. The number of benzene rings is 1. The van der Waals surface area contributed by atoms with Crippen molar-refractivity contribution in [3.05, 3.63) is 23.8 Å². The first-order valence-corrected chi connectivity index (χ1v) is 6.84. The summed E-state index contributed by atoms with van der Waals surface area (Å²) >= 11 is 0. The smallest absolute Gasteiger partial charge is 0.161 e. The van der Waals surface area contributed by atoms with E-state index in [-0.39, 0.29) is 12.6 Å². The quantitative estimate of drug-likeness (QED) is 0.875. The molecule has 0 saturated heterocycles. The van der Waals surface area contributed by atoms with Gasteiger partial charge in [-0.3, -0.25) is 0 Å². The van der Waals surface area contributed by atoms with E-state index in [2.05, 4.69) is 19.2 Å². The predicted molar refractivity (Wildman–Crippen MR) is 74.8 cm³/mol. The highest BCUT2D eigenvalue weighted by molar-refractivity contribution is 5.45. The summed E-state index contributed by atoms with van der Waals surface area (Å²) < 4.78 is 11.3. The molecule has 1 unspecified atom stereocenters. The van der Waals surface area contributed by atoms with Gasteiger partial charge in [0.25, 0.3) is 0 Å². The van der Waals surface area contributed by atoms with Crippen LogP contribution in [0.1, 0.15) is 32.8 Å². The van der Waals surface area contributed by atoms with Crippen molar-refractivity contribution >= 4 is 0 Å². The normalized spacial score (nSPS) is 17.9. The van der Waals surface area contributed by atoms with E-state index < -0.39 is 5.54 Å². The molecule has 2 N–H and O–H groups in total. The van der Waals surface area contributed by atoms with Gasteiger partial charge in [-0.2, -0.15) is 0 Å². The third-order valence-electron chi connectivity index (χ3n) is 3.31. The third kappa shape index (κ3) is 3.19. The summed E-state index contributed by atoms with van der Waals surface area (Å²) in [7, 11) is 0. The van der Waals surface area contributed by atoms with Crippen molar-refractivity contribution in [2.45, 2.75) is 38.8 Å². The molecule has 1 aromatic carbocycles. The van der Waals surface area contributed by atoms with Gasteiger partial charge in [-0.1, -0.05) is 6.07 Å². The van der Waals surface area contributed by atoms with Crippen LogP contribution in [0.3, 0.4) is 0 Å². The summed E-state index contributed by atoms with van der Waals surface area (Å²) in [5.74, 6) is 1.55. The number of rotatable bonds is 4. The molecular formula is C15H23NO3. The molecule has 1 aromatic rings. The van der Waals surface area contributed by atoms with Crippen molar-refractivity contribution in [1.29, 1.82) is 0 Å². The highest BCUT2D eigenvalue weighted by Crippen LogP contribution is 2.34. The Morgan fingerprint density at radius 3 is 2.58 bits per heavy atom. The molecule has 4 heteroatoms. The number of nitrogens with one attached hydrogen (secondary N) is 1. The molecule has 0 spiro atoms. The highest BCUT2D eigenvalue weighted by Gasteiger charge is 2.27. The van der Waals surface area contributed by atoms with Gasteiger partial charge in [-0.15, -0.1) is 0 Å². The van der Waals surface area contributed by atoms with Crippen molar-refractivity contribution in [1.82, 2.24) is 5.32 Å². The van der Waals surface area contributed by atoms with E-state index >= 15 is 0 Å². The summed E-state index contributed by atoms with van der Waals surface area (Å²) in [5.41, 5.74) is 0.534. The Kier molecular flexibility index (Phi) is 4.32. The maximum atomic E-state index is 9.71. The minimum atomic E-state index is -0.473. The first-order valence-electron chi connectivity index (χ1n) is 6.84. The van der Waals surface area contributed by atoms with Crippen LogP contribution < -0.4 is 14.8 Å². The second-order valence-corrected chi connectivity index (χ2v) is 5.50. The van der Waals surface area contributed by atoms with Crippen LogP contribution in [0.4, 0.5) is 0 Å². The molecule has 1 heterocycles. The van der Waals surface area contributed by atoms with Crippen LogP contribution in [0, 0.1) is 0 Å². The SMILES string of the molecule is CC(C)NC(C)(CO)c1ccc2c(c1)OCCCO2. The van der Waals surface area contributed by atoms with Gasteiger partial charge < -0.3 is 19.9 Å². The van der Waals surface area contributed by atoms with Crippen molar-refractivity contribution in [2.24, 2.45) is 0 Å². The Morgan fingerprint density at radius 2 is 1.95 bits per heavy atom. The molecule has 1 aliphatic rings. The summed E-state index contributed by atoms with van der Waals surface area (Å²) in [6.45, 7) is 7.52. The molecule has 2 rings (SSSR count). The lowest BCUT2D eigenvalue weighted by Gasteiger charge is -2.32. The van der Waals surface area contributed by atoms with Gasteiger partial charge >= 0.3 is 0 Å². The number of fused-ring (bicyclic) bond motifs is 1. The lowest BCUT2D eigenvalue weighted by Crippen LogP contribution is -2.46. The molecule has 106 valence electrons. The highest BCUT2D eigenvalue weighted by atomic mass is 16.5. The Morgan fingerprint density at radius 1 is 1.26 bits per heavy atom. The summed E-state index contributed by atoms with van der Waals surface area (Å²) in [6, 6.07) is 6.16. The topological polar surface area (TPSA) is 50.7 Å². The Labute approximate surface area is 114 Å². The number of aliphatic hydroxyl groups excluding tert-OH is 1. The minimum Gasteiger partial charge on any atom is -0.490 e. The number of ether oxygens (including phenoxy) is 2. The van der Waals surface area contributed by atoms with E-state index in [0.717, 1.165) is 23.5 Å². The van der Waals surface area contributed by atoms with Crippen molar-refractivity contribution in [3.8, 4) is 11.5 Å². The van der Waals surface area contributed by atoms with E-state index in [1.807, 2.05) is 25.1 Å². The molecule has 0 amide bonds. The second-order valence-electron chi connectivity index (χ2n) is 5.50. The van der Waals surface area contributed by atoms with Crippen molar-refractivity contribution < 1.29 is 14.6 Å². The summed E-state index contributed by atoms with van der Waals surface area (Å²) in [5, 5.41) is 13.1. The van der Waals surface area contributed by atoms with E-state index in [1.165, 1.54) is 0 Å². The van der Waals surface area contributed by atoms with Crippen molar-refractivity contribution in [2.75, 3.05) is 19.8 Å². The van der Waals surface area contributed by atoms with E-state index in [0.29, 0.717) is 13.2 Å². The zero-order valence-electron chi connectivity index (χ0n) is 11.9. The molecule has 1 atom stereocenters. The molecule has 0 bridgehead atoms. The fourth-order valence-corrected chi connectivity index (χ4v) is 2.36. The molecule has 1 aliphatic heterocycles. The summed E-state index contributed by atoms with van der Waals surface area (Å²) in [4.78, 5) is 0. The first kappa shape index (κ1) is 14.2. The van der Waals surface area contributed by atoms with Gasteiger partial charge in [0.05, 0.1) is 25.4 Å². The number of hydrogen-bond acceptors (Lipinski definition) is 4. The fourth-order valence-electron chi connectivity index (χ4n) is 2.36. The van der Waals surface area contributed by atoms with Crippen LogP contribution >= 0.6 is 0 Å². The second kappa shape index (κ2) is 5.80. The lowest BCUT2D eigenvalue weighted by atomic mass is 9.91. The van der Waals surface area contributed by atoms with Gasteiger partial charge in [0.15, 0.2) is 11.5 Å². The summed E-state index contributed by atoms with van der Waals surface area (Å²) in [6.07, 6.45) is 0.894. The van der Waals surface area contributed by atoms with Gasteiger partial charge in [0.2, 0.25) is 0 Å². The van der Waals surface area contributed by atoms with Crippen LogP contribution in [-0.2, 0) is 5.54 Å². The Bertz CT molecular complexity index is 433.